The largest absolute Gasteiger partial charge is 0.327 e. The molecule has 0 saturated carbocycles. The molecule has 0 saturated heterocycles. The van der Waals surface area contributed by atoms with Gasteiger partial charge in [0, 0.05) is 12.4 Å². The van der Waals surface area contributed by atoms with Crippen molar-refractivity contribution in [3.8, 4) is 6.07 Å². The Hall–Kier alpha value is -1.83. The minimum absolute atomic E-state index is 0.0109. The van der Waals surface area contributed by atoms with E-state index in [-0.39, 0.29) is 12.6 Å². The molecule has 0 aromatic carbocycles. The van der Waals surface area contributed by atoms with Crippen molar-refractivity contribution in [2.24, 2.45) is 0 Å². The quantitative estimate of drug-likeness (QED) is 0.571. The van der Waals surface area contributed by atoms with Crippen molar-refractivity contribution in [2.75, 3.05) is 6.54 Å². The molecule has 0 bridgehead atoms. The van der Waals surface area contributed by atoms with Crippen LogP contribution in [-0.4, -0.2) is 22.1 Å². The van der Waals surface area contributed by atoms with Gasteiger partial charge in [0.25, 0.3) is 0 Å². The van der Waals surface area contributed by atoms with Crippen molar-refractivity contribution in [2.45, 2.75) is 0 Å². The van der Waals surface area contributed by atoms with Crippen LogP contribution in [0.3, 0.4) is 0 Å². The van der Waals surface area contributed by atoms with Crippen LogP contribution in [-0.2, 0) is 0 Å². The molecule has 11 heavy (non-hydrogen) atoms. The average Bonchev–Trinajstić information content (AvgIpc) is 2.52. The first-order valence-corrected chi connectivity index (χ1v) is 2.97. The van der Waals surface area contributed by atoms with Gasteiger partial charge in [0.15, 0.2) is 0 Å². The van der Waals surface area contributed by atoms with E-state index >= 15 is 0 Å². The van der Waals surface area contributed by atoms with Crippen molar-refractivity contribution in [3.63, 3.8) is 0 Å². The van der Waals surface area contributed by atoms with Gasteiger partial charge in [-0.1, -0.05) is 0 Å². The predicted molar refractivity (Wildman–Crippen MR) is 36.6 cm³/mol. The predicted octanol–water partition coefficient (Wildman–Crippen LogP) is -0.0356. The minimum atomic E-state index is -0.343. The van der Waals surface area contributed by atoms with E-state index in [4.69, 9.17) is 5.26 Å². The molecule has 0 spiro atoms. The number of carbonyl (C=O) groups is 1. The smallest absolute Gasteiger partial charge is 0.324 e. The summed E-state index contributed by atoms with van der Waals surface area (Å²) < 4.78 is 1.26. The summed E-state index contributed by atoms with van der Waals surface area (Å²) in [6.07, 6.45) is 4.37. The van der Waals surface area contributed by atoms with Crippen LogP contribution in [0.5, 0.6) is 0 Å². The zero-order chi connectivity index (χ0) is 8.10. The lowest BCUT2D eigenvalue weighted by Crippen LogP contribution is -2.27. The van der Waals surface area contributed by atoms with E-state index in [1.54, 1.807) is 6.07 Å². The summed E-state index contributed by atoms with van der Waals surface area (Å²) in [5, 5.41) is 10.5. The van der Waals surface area contributed by atoms with Gasteiger partial charge in [-0.3, -0.25) is 4.57 Å². The van der Waals surface area contributed by atoms with Crippen molar-refractivity contribution in [3.05, 3.63) is 18.7 Å². The molecule has 0 aliphatic heterocycles. The fourth-order valence-corrected chi connectivity index (χ4v) is 0.586. The third kappa shape index (κ3) is 1.79. The molecular formula is C6H6N4O. The molecule has 0 aliphatic rings. The lowest BCUT2D eigenvalue weighted by molar-refractivity contribution is 0.243. The standard InChI is InChI=1S/C6H6N4O/c7-1-2-9-6(11)10-4-3-8-5-10/h3-5H,2H2,(H,9,11). The highest BCUT2D eigenvalue weighted by molar-refractivity contribution is 5.76. The van der Waals surface area contributed by atoms with Gasteiger partial charge in [0.2, 0.25) is 0 Å². The second-order valence-electron chi connectivity index (χ2n) is 1.79. The van der Waals surface area contributed by atoms with Crippen molar-refractivity contribution in [1.29, 1.82) is 5.26 Å². The molecule has 1 aromatic heterocycles. The Morgan fingerprint density at radius 1 is 1.82 bits per heavy atom. The van der Waals surface area contributed by atoms with Gasteiger partial charge in [-0.15, -0.1) is 0 Å². The Morgan fingerprint density at radius 3 is 3.18 bits per heavy atom. The number of hydrogen-bond donors (Lipinski definition) is 1. The molecule has 0 aliphatic carbocycles. The maximum absolute atomic E-state index is 10.9. The number of carbonyl (C=O) groups excluding carboxylic acids is 1. The summed E-state index contributed by atoms with van der Waals surface area (Å²) in [4.78, 5) is 14.6. The van der Waals surface area contributed by atoms with Gasteiger partial charge in [-0.25, -0.2) is 9.78 Å². The molecule has 0 radical (unpaired) electrons. The summed E-state index contributed by atoms with van der Waals surface area (Å²) in [5.74, 6) is 0. The summed E-state index contributed by atoms with van der Waals surface area (Å²) in [5.41, 5.74) is 0. The number of imidazole rings is 1. The highest BCUT2D eigenvalue weighted by atomic mass is 16.2. The highest BCUT2D eigenvalue weighted by Crippen LogP contribution is 1.82. The molecule has 56 valence electrons. The van der Waals surface area contributed by atoms with E-state index < -0.39 is 0 Å². The summed E-state index contributed by atoms with van der Waals surface area (Å²) >= 11 is 0. The van der Waals surface area contributed by atoms with Crippen molar-refractivity contribution < 1.29 is 4.79 Å². The number of nitrogens with one attached hydrogen (secondary N) is 1. The van der Waals surface area contributed by atoms with E-state index in [2.05, 4.69) is 10.3 Å². The molecular weight excluding hydrogens is 144 g/mol. The molecule has 0 fully saturated rings. The molecule has 1 amide bonds. The van der Waals surface area contributed by atoms with Crippen LogP contribution in [0.1, 0.15) is 0 Å². The van der Waals surface area contributed by atoms with Crippen molar-refractivity contribution in [1.82, 2.24) is 14.9 Å². The van der Waals surface area contributed by atoms with Crippen molar-refractivity contribution >= 4 is 6.03 Å². The Balaban J connectivity index is 2.51. The fourth-order valence-electron chi connectivity index (χ4n) is 0.586. The fraction of sp³-hybridized carbons (Fsp3) is 0.167. The van der Waals surface area contributed by atoms with Gasteiger partial charge >= 0.3 is 6.03 Å². The SMILES string of the molecule is N#CCNC(=O)n1ccnc1. The summed E-state index contributed by atoms with van der Waals surface area (Å²) in [6, 6.07) is 1.45. The Morgan fingerprint density at radius 2 is 2.64 bits per heavy atom. The number of nitrogens with zero attached hydrogens (tertiary/aromatic N) is 3. The normalized spacial score (nSPS) is 8.64. The number of aromatic nitrogens is 2. The number of rotatable bonds is 1. The van der Waals surface area contributed by atoms with E-state index in [1.165, 1.54) is 23.3 Å². The number of nitriles is 1. The zero-order valence-corrected chi connectivity index (χ0v) is 5.69. The molecule has 0 atom stereocenters. The van der Waals surface area contributed by atoms with Crippen LogP contribution in [0, 0.1) is 11.3 Å². The van der Waals surface area contributed by atoms with Crippen LogP contribution in [0.4, 0.5) is 4.79 Å². The van der Waals surface area contributed by atoms with Gasteiger partial charge < -0.3 is 5.32 Å². The van der Waals surface area contributed by atoms with Gasteiger partial charge in [0.05, 0.1) is 6.07 Å². The van der Waals surface area contributed by atoms with Gasteiger partial charge in [-0.05, 0) is 0 Å². The molecule has 5 heteroatoms. The van der Waals surface area contributed by atoms with Gasteiger partial charge in [0.1, 0.15) is 12.9 Å². The number of hydrogen-bond acceptors (Lipinski definition) is 3. The molecule has 5 nitrogen and oxygen atoms in total. The third-order valence-corrected chi connectivity index (χ3v) is 1.06. The Kier molecular flexibility index (Phi) is 2.23. The maximum atomic E-state index is 10.9. The average molecular weight is 150 g/mol. The first-order chi connectivity index (χ1) is 5.34. The van der Waals surface area contributed by atoms with Crippen LogP contribution < -0.4 is 5.32 Å². The van der Waals surface area contributed by atoms with Crippen LogP contribution in [0.2, 0.25) is 0 Å². The van der Waals surface area contributed by atoms with Crippen LogP contribution in [0.25, 0.3) is 0 Å². The Bertz CT molecular complexity index is 271. The maximum Gasteiger partial charge on any atom is 0.327 e. The van der Waals surface area contributed by atoms with E-state index in [1.807, 2.05) is 0 Å². The topological polar surface area (TPSA) is 70.7 Å². The van der Waals surface area contributed by atoms with Gasteiger partial charge in [-0.2, -0.15) is 5.26 Å². The lowest BCUT2D eigenvalue weighted by Gasteiger charge is -1.98. The molecule has 0 unspecified atom stereocenters. The first-order valence-electron chi connectivity index (χ1n) is 2.97. The lowest BCUT2D eigenvalue weighted by atomic mass is 10.7. The van der Waals surface area contributed by atoms with E-state index in [0.717, 1.165) is 0 Å². The molecule has 1 N–H and O–H groups in total. The molecule has 1 rings (SSSR count). The summed E-state index contributed by atoms with van der Waals surface area (Å²) in [6.45, 7) is 0.0109. The second kappa shape index (κ2) is 3.37. The second-order valence-corrected chi connectivity index (χ2v) is 1.79. The monoisotopic (exact) mass is 150 g/mol. The van der Waals surface area contributed by atoms with Crippen LogP contribution in [0.15, 0.2) is 18.7 Å². The number of amides is 1. The van der Waals surface area contributed by atoms with E-state index in [9.17, 15) is 4.79 Å². The minimum Gasteiger partial charge on any atom is -0.324 e. The molecule has 1 heterocycles. The highest BCUT2D eigenvalue weighted by Gasteiger charge is 1.99. The Labute approximate surface area is 63.3 Å². The first kappa shape index (κ1) is 7.28. The third-order valence-electron chi connectivity index (χ3n) is 1.06. The van der Waals surface area contributed by atoms with Crippen LogP contribution >= 0.6 is 0 Å². The zero-order valence-electron chi connectivity index (χ0n) is 5.69. The van der Waals surface area contributed by atoms with E-state index in [0.29, 0.717) is 0 Å². The molecule has 1 aromatic rings. The summed E-state index contributed by atoms with van der Waals surface area (Å²) in [7, 11) is 0.